The van der Waals surface area contributed by atoms with Crippen LogP contribution in [0.15, 0.2) is 42.5 Å². The van der Waals surface area contributed by atoms with Gasteiger partial charge in [0.2, 0.25) is 0 Å². The first-order chi connectivity index (χ1) is 9.11. The first-order valence-electron chi connectivity index (χ1n) is 6.15. The third kappa shape index (κ3) is 3.15. The van der Waals surface area contributed by atoms with Crippen LogP contribution in [0.2, 0.25) is 5.02 Å². The Bertz CT molecular complexity index is 588. The topological polar surface area (TPSA) is 26.3 Å². The molecule has 2 rings (SSSR count). The van der Waals surface area contributed by atoms with Gasteiger partial charge in [0.15, 0.2) is 0 Å². The average Bonchev–Trinajstić information content (AvgIpc) is 2.40. The highest BCUT2D eigenvalue weighted by Gasteiger charge is 2.11. The monoisotopic (exact) mass is 274 g/mol. The summed E-state index contributed by atoms with van der Waals surface area (Å²) >= 11 is 5.87. The molecule has 0 aliphatic rings. The van der Waals surface area contributed by atoms with Gasteiger partial charge in [-0.15, -0.1) is 0 Å². The smallest absolute Gasteiger partial charge is 0.338 e. The Kier molecular flexibility index (Phi) is 4.23. The number of carbonyl (C=O) groups excluding carboxylic acids is 1. The van der Waals surface area contributed by atoms with Crippen molar-refractivity contribution >= 4 is 17.6 Å². The minimum atomic E-state index is -0.282. The van der Waals surface area contributed by atoms with Crippen molar-refractivity contribution in [2.75, 3.05) is 6.61 Å². The van der Waals surface area contributed by atoms with E-state index in [1.165, 1.54) is 0 Å². The number of hydrogen-bond donors (Lipinski definition) is 0. The number of ether oxygens (including phenoxy) is 1. The lowest BCUT2D eigenvalue weighted by Gasteiger charge is -2.08. The lowest BCUT2D eigenvalue weighted by atomic mass is 10.00. The molecule has 0 spiro atoms. The minimum absolute atomic E-state index is 0.282. The van der Waals surface area contributed by atoms with Gasteiger partial charge in [-0.05, 0) is 48.7 Å². The molecule has 0 heterocycles. The summed E-state index contributed by atoms with van der Waals surface area (Å²) < 4.78 is 5.06. The summed E-state index contributed by atoms with van der Waals surface area (Å²) in [6, 6.07) is 13.3. The average molecular weight is 275 g/mol. The van der Waals surface area contributed by atoms with E-state index >= 15 is 0 Å². The summed E-state index contributed by atoms with van der Waals surface area (Å²) in [5.41, 5.74) is 3.52. The zero-order chi connectivity index (χ0) is 13.8. The zero-order valence-electron chi connectivity index (χ0n) is 10.9. The molecule has 0 N–H and O–H groups in total. The molecule has 0 aromatic heterocycles. The molecule has 0 fully saturated rings. The van der Waals surface area contributed by atoms with Gasteiger partial charge in [0.25, 0.3) is 0 Å². The number of esters is 1. The molecule has 0 amide bonds. The van der Waals surface area contributed by atoms with E-state index in [1.807, 2.05) is 49.4 Å². The standard InChI is InChI=1S/C16H15ClO2/c1-3-19-16(18)15-10-13(5-4-11(15)2)12-6-8-14(17)9-7-12/h4-10H,3H2,1-2H3. The minimum Gasteiger partial charge on any atom is -0.462 e. The molecule has 0 saturated heterocycles. The number of hydrogen-bond acceptors (Lipinski definition) is 2. The summed E-state index contributed by atoms with van der Waals surface area (Å²) in [5, 5.41) is 0.696. The van der Waals surface area contributed by atoms with Gasteiger partial charge in [-0.25, -0.2) is 4.79 Å². The summed E-state index contributed by atoms with van der Waals surface area (Å²) in [6.45, 7) is 4.08. The lowest BCUT2D eigenvalue weighted by molar-refractivity contribution is 0.0525. The van der Waals surface area contributed by atoms with Crippen molar-refractivity contribution < 1.29 is 9.53 Å². The molecule has 0 aliphatic carbocycles. The number of rotatable bonds is 3. The molecule has 98 valence electrons. The van der Waals surface area contributed by atoms with Gasteiger partial charge in [0.05, 0.1) is 12.2 Å². The lowest BCUT2D eigenvalue weighted by Crippen LogP contribution is -2.06. The first kappa shape index (κ1) is 13.6. The maximum Gasteiger partial charge on any atom is 0.338 e. The van der Waals surface area contributed by atoms with Crippen LogP contribution in [0.4, 0.5) is 0 Å². The zero-order valence-corrected chi connectivity index (χ0v) is 11.7. The van der Waals surface area contributed by atoms with Crippen LogP contribution in [-0.2, 0) is 4.74 Å². The second-order valence-electron chi connectivity index (χ2n) is 4.26. The molecule has 2 aromatic rings. The van der Waals surface area contributed by atoms with Crippen LogP contribution in [-0.4, -0.2) is 12.6 Å². The molecule has 0 aliphatic heterocycles. The predicted octanol–water partition coefficient (Wildman–Crippen LogP) is 4.49. The van der Waals surface area contributed by atoms with Crippen LogP contribution in [0, 0.1) is 6.92 Å². The van der Waals surface area contributed by atoms with Crippen LogP contribution >= 0.6 is 11.6 Å². The van der Waals surface area contributed by atoms with Gasteiger partial charge in [-0.1, -0.05) is 35.9 Å². The van der Waals surface area contributed by atoms with E-state index in [9.17, 15) is 4.79 Å². The highest BCUT2D eigenvalue weighted by Crippen LogP contribution is 2.24. The van der Waals surface area contributed by atoms with Gasteiger partial charge in [-0.3, -0.25) is 0 Å². The largest absolute Gasteiger partial charge is 0.462 e. The van der Waals surface area contributed by atoms with Crippen LogP contribution in [0.25, 0.3) is 11.1 Å². The molecule has 2 nitrogen and oxygen atoms in total. The summed E-state index contributed by atoms with van der Waals surface area (Å²) in [7, 11) is 0. The van der Waals surface area contributed by atoms with Crippen molar-refractivity contribution in [2.45, 2.75) is 13.8 Å². The number of halogens is 1. The molecule has 19 heavy (non-hydrogen) atoms. The van der Waals surface area contributed by atoms with E-state index < -0.39 is 0 Å². The first-order valence-corrected chi connectivity index (χ1v) is 6.53. The predicted molar refractivity (Wildman–Crippen MR) is 77.6 cm³/mol. The van der Waals surface area contributed by atoms with E-state index in [0.717, 1.165) is 16.7 Å². The molecule has 0 atom stereocenters. The Morgan fingerprint density at radius 3 is 2.37 bits per heavy atom. The molecule has 0 radical (unpaired) electrons. The van der Waals surface area contributed by atoms with E-state index in [1.54, 1.807) is 6.92 Å². The fourth-order valence-corrected chi connectivity index (χ4v) is 2.00. The molecule has 0 unspecified atom stereocenters. The van der Waals surface area contributed by atoms with Crippen LogP contribution in [0.3, 0.4) is 0 Å². The van der Waals surface area contributed by atoms with Gasteiger partial charge in [0.1, 0.15) is 0 Å². The molecule has 0 bridgehead atoms. The van der Waals surface area contributed by atoms with Crippen molar-refractivity contribution in [2.24, 2.45) is 0 Å². The van der Waals surface area contributed by atoms with Gasteiger partial charge in [-0.2, -0.15) is 0 Å². The number of carbonyl (C=O) groups is 1. The van der Waals surface area contributed by atoms with Crippen molar-refractivity contribution in [1.29, 1.82) is 0 Å². The summed E-state index contributed by atoms with van der Waals surface area (Å²) in [5.74, 6) is -0.282. The van der Waals surface area contributed by atoms with Crippen LogP contribution in [0.5, 0.6) is 0 Å². The van der Waals surface area contributed by atoms with Crippen molar-refractivity contribution in [3.05, 3.63) is 58.6 Å². The summed E-state index contributed by atoms with van der Waals surface area (Å²) in [6.07, 6.45) is 0. The number of benzene rings is 2. The Labute approximate surface area is 118 Å². The Morgan fingerprint density at radius 2 is 1.74 bits per heavy atom. The van der Waals surface area contributed by atoms with Crippen LogP contribution in [0.1, 0.15) is 22.8 Å². The van der Waals surface area contributed by atoms with Gasteiger partial charge >= 0.3 is 5.97 Å². The quantitative estimate of drug-likeness (QED) is 0.771. The molecule has 2 aromatic carbocycles. The highest BCUT2D eigenvalue weighted by atomic mass is 35.5. The van der Waals surface area contributed by atoms with E-state index in [4.69, 9.17) is 16.3 Å². The third-order valence-electron chi connectivity index (χ3n) is 2.91. The summed E-state index contributed by atoms with van der Waals surface area (Å²) in [4.78, 5) is 11.9. The Hall–Kier alpha value is -1.80. The fourth-order valence-electron chi connectivity index (χ4n) is 1.87. The van der Waals surface area contributed by atoms with E-state index in [-0.39, 0.29) is 5.97 Å². The van der Waals surface area contributed by atoms with Crippen molar-refractivity contribution in [1.82, 2.24) is 0 Å². The van der Waals surface area contributed by atoms with Gasteiger partial charge < -0.3 is 4.74 Å². The second-order valence-corrected chi connectivity index (χ2v) is 4.69. The SMILES string of the molecule is CCOC(=O)c1cc(-c2ccc(Cl)cc2)ccc1C. The molecular formula is C16H15ClO2. The van der Waals surface area contributed by atoms with Crippen molar-refractivity contribution in [3.63, 3.8) is 0 Å². The van der Waals surface area contributed by atoms with Gasteiger partial charge in [0, 0.05) is 5.02 Å². The van der Waals surface area contributed by atoms with E-state index in [0.29, 0.717) is 17.2 Å². The second kappa shape index (κ2) is 5.89. The fraction of sp³-hybridized carbons (Fsp3) is 0.188. The molecule has 3 heteroatoms. The van der Waals surface area contributed by atoms with Crippen molar-refractivity contribution in [3.8, 4) is 11.1 Å². The molecule has 0 saturated carbocycles. The molecular weight excluding hydrogens is 260 g/mol. The third-order valence-corrected chi connectivity index (χ3v) is 3.16. The Morgan fingerprint density at radius 1 is 1.11 bits per heavy atom. The van der Waals surface area contributed by atoms with Crippen LogP contribution < -0.4 is 0 Å². The Balaban J connectivity index is 2.40. The normalized spacial score (nSPS) is 10.3. The highest BCUT2D eigenvalue weighted by molar-refractivity contribution is 6.30. The maximum absolute atomic E-state index is 11.9. The number of aryl methyl sites for hydroxylation is 1. The van der Waals surface area contributed by atoms with E-state index in [2.05, 4.69) is 0 Å². The maximum atomic E-state index is 11.9.